The first-order chi connectivity index (χ1) is 12.0. The number of nitrogens with zero attached hydrogens (tertiary/aromatic N) is 2. The minimum absolute atomic E-state index is 0.0583. The molecule has 0 saturated heterocycles. The molecule has 0 spiro atoms. The monoisotopic (exact) mass is 342 g/mol. The molecule has 0 bridgehead atoms. The van der Waals surface area contributed by atoms with Gasteiger partial charge < -0.3 is 11.1 Å². The lowest BCUT2D eigenvalue weighted by atomic mass is 10.0. The third-order valence-electron chi connectivity index (χ3n) is 4.49. The number of carbonyl (C=O) groups is 2. The lowest BCUT2D eigenvalue weighted by Crippen LogP contribution is -2.33. The van der Waals surface area contributed by atoms with E-state index in [4.69, 9.17) is 5.73 Å². The van der Waals surface area contributed by atoms with Gasteiger partial charge in [-0.2, -0.15) is 0 Å². The summed E-state index contributed by atoms with van der Waals surface area (Å²) in [5.41, 5.74) is 6.62. The molecule has 1 saturated carbocycles. The van der Waals surface area contributed by atoms with Crippen molar-refractivity contribution in [2.75, 3.05) is 0 Å². The molecule has 0 atom stereocenters. The molecule has 0 unspecified atom stereocenters. The number of carbonyl (C=O) groups excluding carboxylic acids is 2. The second-order valence-corrected chi connectivity index (χ2v) is 6.25. The molecule has 7 heteroatoms. The van der Waals surface area contributed by atoms with Gasteiger partial charge in [0.15, 0.2) is 5.69 Å². The van der Waals surface area contributed by atoms with E-state index in [1.807, 2.05) is 0 Å². The van der Waals surface area contributed by atoms with Gasteiger partial charge in [-0.3, -0.25) is 9.59 Å². The molecule has 1 heterocycles. The number of nitrogens with two attached hydrogens (primary N) is 1. The van der Waals surface area contributed by atoms with Gasteiger partial charge in [0.1, 0.15) is 5.82 Å². The van der Waals surface area contributed by atoms with Crippen molar-refractivity contribution in [1.29, 1.82) is 0 Å². The van der Waals surface area contributed by atoms with Gasteiger partial charge in [0.25, 0.3) is 5.91 Å². The van der Waals surface area contributed by atoms with Crippen molar-refractivity contribution >= 4 is 11.8 Å². The molecule has 1 fully saturated rings. The average Bonchev–Trinajstić information content (AvgIpc) is 3.10. The Labute approximate surface area is 144 Å². The molecule has 1 aromatic carbocycles. The molecule has 2 amide bonds. The Morgan fingerprint density at radius 2 is 1.92 bits per heavy atom. The van der Waals surface area contributed by atoms with Crippen LogP contribution < -0.4 is 11.1 Å². The first-order valence-corrected chi connectivity index (χ1v) is 8.20. The van der Waals surface area contributed by atoms with Crippen LogP contribution in [0.15, 0.2) is 24.3 Å². The fourth-order valence-electron chi connectivity index (χ4n) is 3.01. The highest BCUT2D eigenvalue weighted by Gasteiger charge is 2.19. The molecule has 3 rings (SSSR count). The predicted octanol–water partition coefficient (Wildman–Crippen LogP) is 2.36. The van der Waals surface area contributed by atoms with Crippen molar-refractivity contribution in [2.24, 2.45) is 5.73 Å². The Kier molecular flexibility index (Phi) is 4.74. The van der Waals surface area contributed by atoms with Crippen molar-refractivity contribution in [3.8, 4) is 11.3 Å². The van der Waals surface area contributed by atoms with Crippen molar-refractivity contribution in [3.05, 3.63) is 46.9 Å². The number of rotatable bonds is 4. The van der Waals surface area contributed by atoms with E-state index in [1.165, 1.54) is 6.07 Å². The van der Waals surface area contributed by atoms with Crippen LogP contribution in [0.4, 0.5) is 4.39 Å². The Bertz CT molecular complexity index is 815. The molecule has 130 valence electrons. The number of aromatic nitrogens is 2. The van der Waals surface area contributed by atoms with E-state index in [9.17, 15) is 14.0 Å². The van der Waals surface area contributed by atoms with Crippen LogP contribution in [0, 0.1) is 12.7 Å². The molecule has 0 aliphatic heterocycles. The summed E-state index contributed by atoms with van der Waals surface area (Å²) in [6.07, 6.45) is 4.21. The quantitative estimate of drug-likeness (QED) is 0.891. The summed E-state index contributed by atoms with van der Waals surface area (Å²) in [5, 5.41) is 10.9. The minimum Gasteiger partial charge on any atom is -0.366 e. The van der Waals surface area contributed by atoms with Crippen LogP contribution >= 0.6 is 0 Å². The van der Waals surface area contributed by atoms with E-state index in [0.717, 1.165) is 31.7 Å². The van der Waals surface area contributed by atoms with E-state index in [1.54, 1.807) is 19.1 Å². The number of nitrogens with one attached hydrogen (secondary N) is 1. The molecule has 0 radical (unpaired) electrons. The van der Waals surface area contributed by atoms with Gasteiger partial charge in [-0.05, 0) is 49.6 Å². The maximum absolute atomic E-state index is 14.0. The third kappa shape index (κ3) is 3.65. The summed E-state index contributed by atoms with van der Waals surface area (Å²) in [4.78, 5) is 23.5. The van der Waals surface area contributed by atoms with Crippen molar-refractivity contribution < 1.29 is 14.0 Å². The maximum Gasteiger partial charge on any atom is 0.272 e. The van der Waals surface area contributed by atoms with Gasteiger partial charge in [0, 0.05) is 17.2 Å². The zero-order valence-corrected chi connectivity index (χ0v) is 13.9. The van der Waals surface area contributed by atoms with Gasteiger partial charge in [0.05, 0.1) is 5.69 Å². The topological polar surface area (TPSA) is 98.0 Å². The highest BCUT2D eigenvalue weighted by atomic mass is 19.1. The van der Waals surface area contributed by atoms with Gasteiger partial charge >= 0.3 is 0 Å². The largest absolute Gasteiger partial charge is 0.366 e. The molecular formula is C18H19FN4O2. The first kappa shape index (κ1) is 17.0. The summed E-state index contributed by atoms with van der Waals surface area (Å²) in [7, 11) is 0. The SMILES string of the molecule is Cc1c(F)cc(C(N)=O)cc1-c1ccc(C(=O)NC2CCCC2)nn1. The first-order valence-electron chi connectivity index (χ1n) is 8.20. The molecule has 1 aliphatic rings. The van der Waals surface area contributed by atoms with E-state index in [2.05, 4.69) is 15.5 Å². The lowest BCUT2D eigenvalue weighted by molar-refractivity contribution is 0.0931. The number of primary amides is 1. The number of hydrogen-bond acceptors (Lipinski definition) is 4. The van der Waals surface area contributed by atoms with Crippen LogP contribution in [0.2, 0.25) is 0 Å². The highest BCUT2D eigenvalue weighted by molar-refractivity contribution is 5.94. The van der Waals surface area contributed by atoms with Crippen LogP contribution in [0.1, 0.15) is 52.1 Å². The molecule has 1 aromatic heterocycles. The Hall–Kier alpha value is -2.83. The van der Waals surface area contributed by atoms with Crippen LogP contribution in [0.25, 0.3) is 11.3 Å². The van der Waals surface area contributed by atoms with Crippen LogP contribution in [0.5, 0.6) is 0 Å². The molecule has 1 aliphatic carbocycles. The Morgan fingerprint density at radius 1 is 1.20 bits per heavy atom. The number of halogens is 1. The molecular weight excluding hydrogens is 323 g/mol. The second-order valence-electron chi connectivity index (χ2n) is 6.25. The van der Waals surface area contributed by atoms with Gasteiger partial charge in [-0.25, -0.2) is 4.39 Å². The molecule has 6 nitrogen and oxygen atoms in total. The number of benzene rings is 1. The standard InChI is InChI=1S/C18H19FN4O2/c1-10-13(8-11(17(20)24)9-14(10)19)15-6-7-16(23-22-15)18(25)21-12-4-2-3-5-12/h6-9,12H,2-5H2,1H3,(H2,20,24)(H,21,25). The van der Waals surface area contributed by atoms with Crippen LogP contribution in [-0.4, -0.2) is 28.1 Å². The van der Waals surface area contributed by atoms with Crippen LogP contribution in [0.3, 0.4) is 0 Å². The van der Waals surface area contributed by atoms with Crippen molar-refractivity contribution in [3.63, 3.8) is 0 Å². The summed E-state index contributed by atoms with van der Waals surface area (Å²) >= 11 is 0. The Balaban J connectivity index is 1.85. The van der Waals surface area contributed by atoms with Crippen molar-refractivity contribution in [1.82, 2.24) is 15.5 Å². The van der Waals surface area contributed by atoms with E-state index in [0.29, 0.717) is 16.8 Å². The zero-order valence-electron chi connectivity index (χ0n) is 13.9. The summed E-state index contributed by atoms with van der Waals surface area (Å²) < 4.78 is 14.0. The Morgan fingerprint density at radius 3 is 2.52 bits per heavy atom. The van der Waals surface area contributed by atoms with E-state index >= 15 is 0 Å². The summed E-state index contributed by atoms with van der Waals surface area (Å²) in [5.74, 6) is -1.53. The molecule has 25 heavy (non-hydrogen) atoms. The molecule has 2 aromatic rings. The third-order valence-corrected chi connectivity index (χ3v) is 4.49. The normalized spacial score (nSPS) is 14.5. The van der Waals surface area contributed by atoms with Gasteiger partial charge in [0.2, 0.25) is 5.91 Å². The second kappa shape index (κ2) is 6.96. The maximum atomic E-state index is 14.0. The zero-order chi connectivity index (χ0) is 18.0. The highest BCUT2D eigenvalue weighted by Crippen LogP contribution is 2.25. The predicted molar refractivity (Wildman–Crippen MR) is 90.4 cm³/mol. The van der Waals surface area contributed by atoms with Crippen LogP contribution in [-0.2, 0) is 0 Å². The smallest absolute Gasteiger partial charge is 0.272 e. The van der Waals surface area contributed by atoms with Gasteiger partial charge in [-0.15, -0.1) is 10.2 Å². The van der Waals surface area contributed by atoms with Crippen molar-refractivity contribution in [2.45, 2.75) is 38.6 Å². The van der Waals surface area contributed by atoms with Gasteiger partial charge in [-0.1, -0.05) is 12.8 Å². The van der Waals surface area contributed by atoms with E-state index < -0.39 is 11.7 Å². The average molecular weight is 342 g/mol. The number of hydrogen-bond donors (Lipinski definition) is 2. The fourth-order valence-corrected chi connectivity index (χ4v) is 3.01. The van der Waals surface area contributed by atoms with E-state index in [-0.39, 0.29) is 23.2 Å². The number of amides is 2. The minimum atomic E-state index is -0.722. The molecule has 3 N–H and O–H groups in total. The summed E-state index contributed by atoms with van der Waals surface area (Å²) in [6.45, 7) is 1.58. The lowest BCUT2D eigenvalue weighted by Gasteiger charge is -2.11. The fraction of sp³-hybridized carbons (Fsp3) is 0.333. The summed E-state index contributed by atoms with van der Waals surface area (Å²) in [6, 6.07) is 5.89.